The Balaban J connectivity index is 2.71. The Morgan fingerprint density at radius 3 is 2.61 bits per heavy atom. The number of carbonyl (C=O) groups is 1. The molecule has 184 valence electrons. The fraction of sp³-hybridized carbons (Fsp3) is 0.565. The second-order valence-electron chi connectivity index (χ2n) is 8.89. The fourth-order valence-corrected chi connectivity index (χ4v) is 5.25. The molecule has 1 aliphatic heterocycles. The van der Waals surface area contributed by atoms with E-state index in [2.05, 4.69) is 16.9 Å². The zero-order valence-electron chi connectivity index (χ0n) is 19.9. The van der Waals surface area contributed by atoms with E-state index in [1.807, 2.05) is 6.92 Å². The molecule has 0 radical (unpaired) electrons. The highest BCUT2D eigenvalue weighted by Crippen LogP contribution is 2.40. The summed E-state index contributed by atoms with van der Waals surface area (Å²) in [5.74, 6) is -0.874. The van der Waals surface area contributed by atoms with Crippen molar-refractivity contribution in [2.75, 3.05) is 13.7 Å². The summed E-state index contributed by atoms with van der Waals surface area (Å²) >= 11 is 0. The van der Waals surface area contributed by atoms with E-state index >= 15 is 4.39 Å². The first kappa shape index (κ1) is 26.8. The Kier molecular flexibility index (Phi) is 8.64. The van der Waals surface area contributed by atoms with Gasteiger partial charge in [0, 0.05) is 19.2 Å². The number of carbonyl (C=O) groups excluding carboxylic acids is 1. The smallest absolute Gasteiger partial charge is 0.437 e. The number of halogens is 1. The van der Waals surface area contributed by atoms with Crippen LogP contribution in [0, 0.1) is 5.82 Å². The van der Waals surface area contributed by atoms with Gasteiger partial charge in [-0.2, -0.15) is 0 Å². The monoisotopic (exact) mass is 483 g/mol. The molecule has 0 aromatic heterocycles. The molecule has 1 heterocycles. The number of nitrogens with zero attached hydrogens (tertiary/aromatic N) is 2. The van der Waals surface area contributed by atoms with Crippen molar-refractivity contribution in [3.8, 4) is 0 Å². The van der Waals surface area contributed by atoms with E-state index in [1.165, 1.54) is 25.2 Å². The van der Waals surface area contributed by atoms with Crippen molar-refractivity contribution in [1.29, 1.82) is 0 Å². The number of hydrogen-bond donors (Lipinski definition) is 1. The maximum atomic E-state index is 15.1. The third-order valence-electron chi connectivity index (χ3n) is 5.14. The second-order valence-corrected chi connectivity index (χ2v) is 10.9. The highest BCUT2D eigenvalue weighted by molar-refractivity contribution is 7.90. The highest BCUT2D eigenvalue weighted by atomic mass is 32.2. The third-order valence-corrected chi connectivity index (χ3v) is 7.16. The van der Waals surface area contributed by atoms with Gasteiger partial charge in [0.25, 0.3) is 10.0 Å². The van der Waals surface area contributed by atoms with Crippen molar-refractivity contribution in [2.24, 2.45) is 4.99 Å². The molecule has 0 saturated carbocycles. The number of nitrogens with one attached hydrogen (secondary N) is 1. The van der Waals surface area contributed by atoms with E-state index in [0.29, 0.717) is 12.8 Å². The number of aliphatic imine (C=N–C) groups is 1. The predicted octanol–water partition coefficient (Wildman–Crippen LogP) is 4.29. The van der Waals surface area contributed by atoms with Crippen LogP contribution in [0.3, 0.4) is 0 Å². The van der Waals surface area contributed by atoms with Crippen LogP contribution in [-0.4, -0.2) is 49.5 Å². The molecule has 8 nitrogen and oxygen atoms in total. The van der Waals surface area contributed by atoms with Crippen molar-refractivity contribution < 1.29 is 27.1 Å². The first-order valence-electron chi connectivity index (χ1n) is 10.9. The van der Waals surface area contributed by atoms with Gasteiger partial charge >= 0.3 is 6.09 Å². The number of benzene rings is 1. The number of unbranched alkanes of at least 4 members (excludes halogenated alkanes) is 1. The van der Waals surface area contributed by atoms with Crippen LogP contribution in [0.25, 0.3) is 0 Å². The number of rotatable bonds is 8. The SMILES string of the molecule is C=CCC[C@]1(c2ccccc2F)N/C(=N/C(=O)OC(C)(C)C)N(C)S(=O)(=O)C1OCCCC. The molecule has 1 saturated heterocycles. The molecule has 0 bridgehead atoms. The molecule has 1 aromatic rings. The van der Waals surface area contributed by atoms with Gasteiger partial charge in [-0.15, -0.1) is 11.6 Å². The first-order valence-corrected chi connectivity index (χ1v) is 12.4. The maximum Gasteiger partial charge on any atom is 0.437 e. The fourth-order valence-electron chi connectivity index (χ4n) is 3.55. The van der Waals surface area contributed by atoms with Crippen molar-refractivity contribution in [3.63, 3.8) is 0 Å². The molecule has 0 spiro atoms. The number of guanidine groups is 1. The lowest BCUT2D eigenvalue weighted by Gasteiger charge is -2.48. The van der Waals surface area contributed by atoms with E-state index in [4.69, 9.17) is 9.47 Å². The molecular weight excluding hydrogens is 449 g/mol. The van der Waals surface area contributed by atoms with Crippen LogP contribution >= 0.6 is 0 Å². The quantitative estimate of drug-likeness (QED) is 0.438. The van der Waals surface area contributed by atoms with Gasteiger partial charge in [0.2, 0.25) is 11.4 Å². The number of hydrogen-bond acceptors (Lipinski definition) is 5. The molecule has 1 aliphatic rings. The summed E-state index contributed by atoms with van der Waals surface area (Å²) in [6.45, 7) is 10.9. The van der Waals surface area contributed by atoms with Gasteiger partial charge < -0.3 is 14.8 Å². The van der Waals surface area contributed by atoms with E-state index in [0.717, 1.165) is 10.7 Å². The number of ether oxygens (including phenoxy) is 2. The minimum Gasteiger partial charge on any atom is -0.442 e. The molecule has 10 heteroatoms. The van der Waals surface area contributed by atoms with Crippen LogP contribution in [-0.2, 0) is 25.0 Å². The van der Waals surface area contributed by atoms with Crippen LogP contribution in [0.4, 0.5) is 9.18 Å². The van der Waals surface area contributed by atoms with Gasteiger partial charge in [-0.05, 0) is 46.1 Å². The van der Waals surface area contributed by atoms with Crippen LogP contribution in [0.15, 0.2) is 41.9 Å². The molecule has 1 fully saturated rings. The molecule has 2 rings (SSSR count). The van der Waals surface area contributed by atoms with E-state index in [-0.39, 0.29) is 24.6 Å². The topological polar surface area (TPSA) is 97.3 Å². The molecule has 33 heavy (non-hydrogen) atoms. The van der Waals surface area contributed by atoms with Gasteiger partial charge in [-0.25, -0.2) is 21.9 Å². The molecule has 0 aliphatic carbocycles. The molecule has 1 aromatic carbocycles. The zero-order chi connectivity index (χ0) is 24.9. The summed E-state index contributed by atoms with van der Waals surface area (Å²) < 4.78 is 54.3. The lowest BCUT2D eigenvalue weighted by atomic mass is 9.85. The number of allylic oxidation sites excluding steroid dienone is 1. The average Bonchev–Trinajstić information content (AvgIpc) is 2.71. The van der Waals surface area contributed by atoms with Gasteiger partial charge in [-0.1, -0.05) is 37.6 Å². The molecule has 2 atom stereocenters. The first-order chi connectivity index (χ1) is 15.4. The average molecular weight is 484 g/mol. The number of sulfonamides is 1. The van der Waals surface area contributed by atoms with E-state index < -0.39 is 38.5 Å². The largest absolute Gasteiger partial charge is 0.442 e. The standard InChI is InChI=1S/C23H34FN3O5S/c1-7-9-15-23(17-13-11-12-14-18(17)24)19(31-16-10-8-2)33(29,30)27(6)20(26-23)25-21(28)32-22(3,4)5/h7,11-14,19H,1,8-10,15-16H2,2-6H3,(H,25,26,28)/t19?,23-/m1/s1. The Hall–Kier alpha value is -2.46. The predicted molar refractivity (Wildman–Crippen MR) is 126 cm³/mol. The van der Waals surface area contributed by atoms with Crippen molar-refractivity contribution in [2.45, 2.75) is 70.0 Å². The Morgan fingerprint density at radius 1 is 1.36 bits per heavy atom. The Bertz CT molecular complexity index is 990. The summed E-state index contributed by atoms with van der Waals surface area (Å²) in [7, 11) is -2.95. The molecule has 1 amide bonds. The second kappa shape index (κ2) is 10.6. The minimum atomic E-state index is -4.22. The molecular formula is C23H34FN3O5S. The molecule has 1 N–H and O–H groups in total. The summed E-state index contributed by atoms with van der Waals surface area (Å²) in [5.41, 5.74) is -3.75. The third kappa shape index (κ3) is 6.11. The van der Waals surface area contributed by atoms with Gasteiger partial charge in [0.05, 0.1) is 0 Å². The van der Waals surface area contributed by atoms with E-state index in [9.17, 15) is 13.2 Å². The van der Waals surface area contributed by atoms with Crippen LogP contribution < -0.4 is 5.32 Å². The zero-order valence-corrected chi connectivity index (χ0v) is 20.7. The van der Waals surface area contributed by atoms with Crippen molar-refractivity contribution in [1.82, 2.24) is 9.62 Å². The number of amides is 1. The summed E-state index contributed by atoms with van der Waals surface area (Å²) in [6.07, 6.45) is 2.55. The summed E-state index contributed by atoms with van der Waals surface area (Å²) in [5, 5.41) is 3.04. The normalized spacial score (nSPS) is 23.8. The van der Waals surface area contributed by atoms with E-state index in [1.54, 1.807) is 32.9 Å². The van der Waals surface area contributed by atoms with Crippen LogP contribution in [0.1, 0.15) is 58.9 Å². The molecule has 1 unspecified atom stereocenters. The van der Waals surface area contributed by atoms with Gasteiger partial charge in [0.1, 0.15) is 17.0 Å². The van der Waals surface area contributed by atoms with Crippen molar-refractivity contribution >= 4 is 22.1 Å². The highest BCUT2D eigenvalue weighted by Gasteiger charge is 2.56. The van der Waals surface area contributed by atoms with Gasteiger partial charge in [-0.3, -0.25) is 0 Å². The van der Waals surface area contributed by atoms with Crippen LogP contribution in [0.2, 0.25) is 0 Å². The summed E-state index contributed by atoms with van der Waals surface area (Å²) in [4.78, 5) is 16.3. The Morgan fingerprint density at radius 2 is 2.03 bits per heavy atom. The van der Waals surface area contributed by atoms with Crippen LogP contribution in [0.5, 0.6) is 0 Å². The summed E-state index contributed by atoms with van der Waals surface area (Å²) in [6, 6.07) is 5.90. The maximum absolute atomic E-state index is 15.1. The van der Waals surface area contributed by atoms with Gasteiger partial charge in [0.15, 0.2) is 0 Å². The lowest BCUT2D eigenvalue weighted by Crippen LogP contribution is -2.68. The lowest BCUT2D eigenvalue weighted by molar-refractivity contribution is 0.0266. The minimum absolute atomic E-state index is 0.0990. The van der Waals surface area contributed by atoms with Crippen molar-refractivity contribution in [3.05, 3.63) is 48.3 Å². The Labute approximate surface area is 195 Å².